The molecule has 2 atom stereocenters. The summed E-state index contributed by atoms with van der Waals surface area (Å²) in [6.07, 6.45) is 6.85. The average molecular weight is 534 g/mol. The van der Waals surface area contributed by atoms with E-state index in [2.05, 4.69) is 4.98 Å². The zero-order valence-corrected chi connectivity index (χ0v) is 22.3. The first-order valence-corrected chi connectivity index (χ1v) is 15.2. The molecule has 0 radical (unpaired) electrons. The lowest BCUT2D eigenvalue weighted by Gasteiger charge is -2.19. The lowest BCUT2D eigenvalue weighted by Crippen LogP contribution is -2.10. The van der Waals surface area contributed by atoms with Crippen molar-refractivity contribution in [3.05, 3.63) is 95.7 Å². The number of aliphatic carboxylic acids is 1. The van der Waals surface area contributed by atoms with Crippen molar-refractivity contribution >= 4 is 49.5 Å². The van der Waals surface area contributed by atoms with E-state index in [1.54, 1.807) is 18.5 Å². The first-order chi connectivity index (χ1) is 17.6. The molecule has 1 aromatic heterocycles. The third-order valence-electron chi connectivity index (χ3n) is 6.20. The Morgan fingerprint density at radius 1 is 1.08 bits per heavy atom. The van der Waals surface area contributed by atoms with E-state index in [-0.39, 0.29) is 15.7 Å². The molecule has 0 aliphatic heterocycles. The number of rotatable bonds is 8. The van der Waals surface area contributed by atoms with E-state index in [1.807, 2.05) is 55.5 Å². The SMILES string of the molecule is CCC(c1cc(-c2cccc(/C=C(/C(=O)O)c3ccc(S(C)(=O)=O)cc3)c2)c2ncccc2c1)[S+](C)[O-]. The maximum atomic E-state index is 12.4. The number of aromatic nitrogens is 1. The van der Waals surface area contributed by atoms with Crippen LogP contribution in [-0.4, -0.2) is 41.5 Å². The van der Waals surface area contributed by atoms with Gasteiger partial charge in [-0.05, 0) is 76.8 Å². The van der Waals surface area contributed by atoms with Crippen LogP contribution in [0.15, 0.2) is 83.9 Å². The minimum Gasteiger partial charge on any atom is -0.616 e. The smallest absolute Gasteiger partial charge is 0.336 e. The molecular weight excluding hydrogens is 506 g/mol. The van der Waals surface area contributed by atoms with Crippen LogP contribution in [0, 0.1) is 0 Å². The maximum Gasteiger partial charge on any atom is 0.336 e. The van der Waals surface area contributed by atoms with Crippen LogP contribution in [0.25, 0.3) is 33.7 Å². The number of sulfone groups is 1. The molecule has 0 saturated heterocycles. The minimum atomic E-state index is -3.39. The van der Waals surface area contributed by atoms with Crippen molar-refractivity contribution in [3.8, 4) is 11.1 Å². The van der Waals surface area contributed by atoms with E-state index < -0.39 is 27.0 Å². The normalized spacial score (nSPS) is 13.9. The van der Waals surface area contributed by atoms with Gasteiger partial charge in [0, 0.05) is 29.0 Å². The van der Waals surface area contributed by atoms with Gasteiger partial charge < -0.3 is 9.66 Å². The molecule has 8 heteroatoms. The van der Waals surface area contributed by atoms with Gasteiger partial charge in [-0.15, -0.1) is 0 Å². The minimum absolute atomic E-state index is 0.0429. The van der Waals surface area contributed by atoms with Gasteiger partial charge in [0.15, 0.2) is 9.84 Å². The summed E-state index contributed by atoms with van der Waals surface area (Å²) in [4.78, 5) is 16.8. The van der Waals surface area contributed by atoms with Gasteiger partial charge in [-0.3, -0.25) is 4.98 Å². The molecule has 0 aliphatic rings. The number of fused-ring (bicyclic) bond motifs is 1. The second-order valence-electron chi connectivity index (χ2n) is 8.82. The monoisotopic (exact) mass is 533 g/mol. The Hall–Kier alpha value is -3.46. The summed E-state index contributed by atoms with van der Waals surface area (Å²) < 4.78 is 36.0. The Labute approximate surface area is 219 Å². The lowest BCUT2D eigenvalue weighted by atomic mass is 9.95. The first kappa shape index (κ1) is 26.6. The zero-order valence-electron chi connectivity index (χ0n) is 20.7. The largest absolute Gasteiger partial charge is 0.616 e. The number of carbonyl (C=O) groups is 1. The predicted octanol–water partition coefficient (Wildman–Crippen LogP) is 5.76. The molecule has 3 aromatic carbocycles. The Morgan fingerprint density at radius 2 is 1.81 bits per heavy atom. The van der Waals surface area contributed by atoms with Crippen LogP contribution >= 0.6 is 0 Å². The van der Waals surface area contributed by atoms with Crippen LogP contribution < -0.4 is 0 Å². The zero-order chi connectivity index (χ0) is 26.7. The van der Waals surface area contributed by atoms with Gasteiger partial charge in [0.25, 0.3) is 0 Å². The van der Waals surface area contributed by atoms with Crippen molar-refractivity contribution in [3.63, 3.8) is 0 Å². The molecule has 6 nitrogen and oxygen atoms in total. The number of benzene rings is 3. The van der Waals surface area contributed by atoms with Gasteiger partial charge in [0.1, 0.15) is 5.25 Å². The molecule has 0 spiro atoms. The number of hydrogen-bond donors (Lipinski definition) is 1. The second kappa shape index (κ2) is 10.9. The van der Waals surface area contributed by atoms with Crippen molar-refractivity contribution in [2.24, 2.45) is 0 Å². The van der Waals surface area contributed by atoms with Gasteiger partial charge in [0.05, 0.1) is 22.2 Å². The number of carboxylic acid groups (broad SMARTS) is 1. The van der Waals surface area contributed by atoms with Gasteiger partial charge in [-0.25, -0.2) is 13.2 Å². The van der Waals surface area contributed by atoms with E-state index in [9.17, 15) is 22.9 Å². The summed E-state index contributed by atoms with van der Waals surface area (Å²) in [5.41, 5.74) is 4.62. The van der Waals surface area contributed by atoms with Crippen molar-refractivity contribution in [2.45, 2.75) is 23.5 Å². The number of pyridine rings is 1. The molecule has 0 bridgehead atoms. The number of carboxylic acids is 1. The van der Waals surface area contributed by atoms with Crippen LogP contribution in [0.5, 0.6) is 0 Å². The van der Waals surface area contributed by atoms with Crippen LogP contribution in [0.1, 0.15) is 35.3 Å². The molecule has 0 amide bonds. The maximum absolute atomic E-state index is 12.4. The quantitative estimate of drug-likeness (QED) is 0.175. The third kappa shape index (κ3) is 5.93. The average Bonchev–Trinajstić information content (AvgIpc) is 2.86. The first-order valence-electron chi connectivity index (χ1n) is 11.7. The summed E-state index contributed by atoms with van der Waals surface area (Å²) in [6.45, 7) is 2.01. The second-order valence-corrected chi connectivity index (χ2v) is 12.4. The van der Waals surface area contributed by atoms with Crippen LogP contribution in [0.3, 0.4) is 0 Å². The highest BCUT2D eigenvalue weighted by Crippen LogP contribution is 2.35. The van der Waals surface area contributed by atoms with Gasteiger partial charge >= 0.3 is 5.97 Å². The molecule has 0 fully saturated rings. The van der Waals surface area contributed by atoms with E-state index in [1.165, 1.54) is 24.3 Å². The fraction of sp³-hybridized carbons (Fsp3) is 0.172. The molecule has 0 aliphatic carbocycles. The number of hydrogen-bond acceptors (Lipinski definition) is 5. The van der Waals surface area contributed by atoms with E-state index in [0.717, 1.165) is 40.3 Å². The van der Waals surface area contributed by atoms with Gasteiger partial charge in [-0.2, -0.15) is 0 Å². The fourth-order valence-electron chi connectivity index (χ4n) is 4.40. The summed E-state index contributed by atoms with van der Waals surface area (Å²) in [5.74, 6) is -1.12. The molecule has 37 heavy (non-hydrogen) atoms. The Balaban J connectivity index is 1.82. The summed E-state index contributed by atoms with van der Waals surface area (Å²) in [6, 6.07) is 21.2. The van der Waals surface area contributed by atoms with Crippen molar-refractivity contribution in [2.75, 3.05) is 12.5 Å². The number of nitrogens with zero attached hydrogens (tertiary/aromatic N) is 1. The van der Waals surface area contributed by atoms with Crippen molar-refractivity contribution < 1.29 is 22.9 Å². The van der Waals surface area contributed by atoms with Crippen LogP contribution in [-0.2, 0) is 25.8 Å². The molecule has 4 rings (SSSR count). The molecule has 190 valence electrons. The van der Waals surface area contributed by atoms with E-state index in [0.29, 0.717) is 11.1 Å². The van der Waals surface area contributed by atoms with Gasteiger partial charge in [-0.1, -0.05) is 43.3 Å². The van der Waals surface area contributed by atoms with Crippen molar-refractivity contribution in [1.29, 1.82) is 0 Å². The highest BCUT2D eigenvalue weighted by atomic mass is 32.2. The fourth-order valence-corrected chi connectivity index (χ4v) is 6.02. The highest BCUT2D eigenvalue weighted by molar-refractivity contribution is 7.91. The van der Waals surface area contributed by atoms with Crippen molar-refractivity contribution in [1.82, 2.24) is 4.98 Å². The highest BCUT2D eigenvalue weighted by Gasteiger charge is 2.21. The molecule has 1 N–H and O–H groups in total. The van der Waals surface area contributed by atoms with Crippen LogP contribution in [0.4, 0.5) is 0 Å². The molecule has 0 saturated carbocycles. The summed E-state index contributed by atoms with van der Waals surface area (Å²) in [7, 11) is -3.39. The molecule has 2 unspecified atom stereocenters. The van der Waals surface area contributed by atoms with Crippen LogP contribution in [0.2, 0.25) is 0 Å². The van der Waals surface area contributed by atoms with Gasteiger partial charge in [0.2, 0.25) is 0 Å². The topological polar surface area (TPSA) is 107 Å². The predicted molar refractivity (Wildman–Crippen MR) is 149 cm³/mol. The Bertz CT molecular complexity index is 1590. The lowest BCUT2D eigenvalue weighted by molar-refractivity contribution is -0.130. The molecular formula is C29H27NO5S2. The summed E-state index contributed by atoms with van der Waals surface area (Å²) in [5, 5.41) is 10.7. The van der Waals surface area contributed by atoms with E-state index in [4.69, 9.17) is 0 Å². The van der Waals surface area contributed by atoms with E-state index >= 15 is 0 Å². The Kier molecular flexibility index (Phi) is 7.82. The molecule has 1 heterocycles. The molecule has 4 aromatic rings. The summed E-state index contributed by atoms with van der Waals surface area (Å²) >= 11 is -1.04. The third-order valence-corrected chi connectivity index (χ3v) is 8.74. The Morgan fingerprint density at radius 3 is 2.43 bits per heavy atom. The standard InChI is InChI=1S/C29H27NO5S2/c1-4-27(36(2)33)23-17-22-9-6-14-30-28(22)25(18-23)21-8-5-7-19(15-21)16-26(29(31)32)20-10-12-24(13-11-20)37(3,34)35/h5-18,27H,4H2,1-3H3,(H,31,32)/b26-16+.